The van der Waals surface area contributed by atoms with Gasteiger partial charge in [0, 0.05) is 7.05 Å². The molecule has 9 heteroatoms. The second-order valence-electron chi connectivity index (χ2n) is 5.92. The monoisotopic (exact) mass is 321 g/mol. The maximum absolute atomic E-state index is 13.3. The van der Waals surface area contributed by atoms with Gasteiger partial charge in [0.05, 0.1) is 17.3 Å². The number of hydrogen-bond acceptors (Lipinski definition) is 3. The molecule has 1 amide bonds. The van der Waals surface area contributed by atoms with Crippen LogP contribution in [0.2, 0.25) is 0 Å². The van der Waals surface area contributed by atoms with Crippen LogP contribution >= 0.6 is 0 Å². The zero-order valence-corrected chi connectivity index (χ0v) is 12.9. The summed E-state index contributed by atoms with van der Waals surface area (Å²) >= 11 is 0. The van der Waals surface area contributed by atoms with Gasteiger partial charge in [-0.3, -0.25) is 9.48 Å². The average Bonchev–Trinajstić information content (AvgIpc) is 2.80. The molecule has 0 aliphatic carbocycles. The Bertz CT molecular complexity index is 588. The second-order valence-corrected chi connectivity index (χ2v) is 5.92. The van der Waals surface area contributed by atoms with Gasteiger partial charge < -0.3 is 10.0 Å². The molecule has 0 saturated heterocycles. The van der Waals surface area contributed by atoms with Crippen LogP contribution in [0.15, 0.2) is 6.20 Å². The van der Waals surface area contributed by atoms with Crippen molar-refractivity contribution in [1.82, 2.24) is 14.7 Å². The molecule has 1 rings (SSSR count). The van der Waals surface area contributed by atoms with Crippen LogP contribution in [-0.2, 0) is 16.5 Å². The molecule has 1 atom stereocenters. The summed E-state index contributed by atoms with van der Waals surface area (Å²) in [5.41, 5.74) is -2.84. The number of carbonyl (C=O) groups is 2. The molecular weight excluding hydrogens is 303 g/mol. The normalized spacial score (nSPS) is 13.8. The summed E-state index contributed by atoms with van der Waals surface area (Å²) in [6.07, 6.45) is -3.97. The lowest BCUT2D eigenvalue weighted by Crippen LogP contribution is -2.41. The average molecular weight is 321 g/mol. The van der Waals surface area contributed by atoms with E-state index in [2.05, 4.69) is 5.10 Å². The molecule has 1 aromatic rings. The Labute approximate surface area is 125 Å². The quantitative estimate of drug-likeness (QED) is 0.926. The molecule has 0 spiro atoms. The van der Waals surface area contributed by atoms with Gasteiger partial charge in [0.15, 0.2) is 5.69 Å². The molecule has 1 unspecified atom stereocenters. The van der Waals surface area contributed by atoms with E-state index in [0.29, 0.717) is 0 Å². The zero-order valence-electron chi connectivity index (χ0n) is 12.9. The molecule has 0 aliphatic rings. The minimum absolute atomic E-state index is 0.668. The topological polar surface area (TPSA) is 75.4 Å². The predicted molar refractivity (Wildman–Crippen MR) is 71.4 cm³/mol. The van der Waals surface area contributed by atoms with E-state index in [1.165, 1.54) is 27.7 Å². The highest BCUT2D eigenvalue weighted by molar-refractivity contribution is 5.97. The molecule has 1 aromatic heterocycles. The Morgan fingerprint density at radius 2 is 1.82 bits per heavy atom. The van der Waals surface area contributed by atoms with Crippen molar-refractivity contribution in [2.24, 2.45) is 0 Å². The first kappa shape index (κ1) is 18.0. The number of likely N-dealkylation sites (N-methyl/N-ethyl adjacent to an activating group) is 1. The van der Waals surface area contributed by atoms with Crippen molar-refractivity contribution in [3.63, 3.8) is 0 Å². The summed E-state index contributed by atoms with van der Waals surface area (Å²) in [5, 5.41) is 12.5. The first-order valence-corrected chi connectivity index (χ1v) is 6.44. The first-order valence-electron chi connectivity index (χ1n) is 6.44. The molecule has 0 radical (unpaired) electrons. The number of hydrogen-bond donors (Lipinski definition) is 1. The highest BCUT2D eigenvalue weighted by Crippen LogP contribution is 2.35. The summed E-state index contributed by atoms with van der Waals surface area (Å²) in [7, 11) is 1.13. The van der Waals surface area contributed by atoms with E-state index in [4.69, 9.17) is 5.11 Å². The molecular formula is C13H18F3N3O3. The van der Waals surface area contributed by atoms with Crippen LogP contribution in [0.25, 0.3) is 0 Å². The number of carboxylic acid groups (broad SMARTS) is 1. The number of amides is 1. The molecule has 0 fully saturated rings. The van der Waals surface area contributed by atoms with Gasteiger partial charge in [-0.25, -0.2) is 4.79 Å². The maximum Gasteiger partial charge on any atom is 0.433 e. The van der Waals surface area contributed by atoms with E-state index in [-0.39, 0.29) is 0 Å². The van der Waals surface area contributed by atoms with Crippen LogP contribution in [0.5, 0.6) is 0 Å². The van der Waals surface area contributed by atoms with Crippen molar-refractivity contribution in [2.75, 3.05) is 7.05 Å². The van der Waals surface area contributed by atoms with Crippen molar-refractivity contribution < 1.29 is 27.9 Å². The number of carbonyl (C=O) groups excluding carboxylic acids is 1. The third kappa shape index (κ3) is 3.40. The fourth-order valence-corrected chi connectivity index (χ4v) is 1.82. The number of aromatic nitrogens is 2. The smallest absolute Gasteiger partial charge is 0.433 e. The predicted octanol–water partition coefficient (Wildman–Crippen LogP) is 2.20. The molecule has 0 aromatic carbocycles. The Balaban J connectivity index is 3.41. The third-order valence-electron chi connectivity index (χ3n) is 3.16. The third-order valence-corrected chi connectivity index (χ3v) is 3.16. The summed E-state index contributed by atoms with van der Waals surface area (Å²) in [5.74, 6) is -2.36. The van der Waals surface area contributed by atoms with Crippen molar-refractivity contribution in [3.8, 4) is 0 Å². The lowest BCUT2D eigenvalue weighted by molar-refractivity contribution is -0.146. The van der Waals surface area contributed by atoms with Crippen LogP contribution in [0.3, 0.4) is 0 Å². The SMILES string of the molecule is CC(C(=O)O)N(C)C(=O)c1cnn(C(C)(C)C)c1C(F)(F)F. The molecule has 0 bridgehead atoms. The molecule has 1 N–H and O–H groups in total. The van der Waals surface area contributed by atoms with Crippen LogP contribution in [0, 0.1) is 0 Å². The van der Waals surface area contributed by atoms with Crippen molar-refractivity contribution >= 4 is 11.9 Å². The van der Waals surface area contributed by atoms with E-state index in [1.54, 1.807) is 0 Å². The van der Waals surface area contributed by atoms with Gasteiger partial charge in [-0.2, -0.15) is 18.3 Å². The number of nitrogens with zero attached hydrogens (tertiary/aromatic N) is 3. The maximum atomic E-state index is 13.3. The lowest BCUT2D eigenvalue weighted by Gasteiger charge is -2.25. The molecule has 124 valence electrons. The van der Waals surface area contributed by atoms with E-state index < -0.39 is 40.9 Å². The van der Waals surface area contributed by atoms with Crippen LogP contribution in [0.1, 0.15) is 43.7 Å². The minimum atomic E-state index is -4.79. The number of carboxylic acids is 1. The van der Waals surface area contributed by atoms with Gasteiger partial charge >= 0.3 is 12.1 Å². The second kappa shape index (κ2) is 5.62. The van der Waals surface area contributed by atoms with Crippen molar-refractivity contribution in [2.45, 2.75) is 45.5 Å². The number of rotatable bonds is 3. The fourth-order valence-electron chi connectivity index (χ4n) is 1.82. The standard InChI is InChI=1S/C13H18F3N3O3/c1-7(11(21)22)18(5)10(20)8-6-17-19(12(2,3)4)9(8)13(14,15)16/h6-7H,1-5H3,(H,21,22). The minimum Gasteiger partial charge on any atom is -0.480 e. The Morgan fingerprint density at radius 1 is 1.32 bits per heavy atom. The number of aliphatic carboxylic acids is 1. The van der Waals surface area contributed by atoms with Gasteiger partial charge in [0.1, 0.15) is 6.04 Å². The van der Waals surface area contributed by atoms with Crippen LogP contribution in [0.4, 0.5) is 13.2 Å². The Hall–Kier alpha value is -2.06. The van der Waals surface area contributed by atoms with Crippen LogP contribution in [-0.4, -0.2) is 44.8 Å². The fraction of sp³-hybridized carbons (Fsp3) is 0.615. The molecule has 1 heterocycles. The summed E-state index contributed by atoms with van der Waals surface area (Å²) in [6.45, 7) is 5.77. The van der Waals surface area contributed by atoms with Crippen molar-refractivity contribution in [1.29, 1.82) is 0 Å². The van der Waals surface area contributed by atoms with Crippen molar-refractivity contribution in [3.05, 3.63) is 17.5 Å². The Morgan fingerprint density at radius 3 is 2.18 bits per heavy atom. The first-order chi connectivity index (χ1) is 9.78. The molecule has 0 saturated carbocycles. The zero-order chi connectivity index (χ0) is 17.5. The molecule has 0 aliphatic heterocycles. The molecule has 6 nitrogen and oxygen atoms in total. The summed E-state index contributed by atoms with van der Waals surface area (Å²) < 4.78 is 40.6. The van der Waals surface area contributed by atoms with Gasteiger partial charge in [-0.1, -0.05) is 0 Å². The van der Waals surface area contributed by atoms with E-state index in [1.807, 2.05) is 0 Å². The van der Waals surface area contributed by atoms with Gasteiger partial charge in [0.2, 0.25) is 0 Å². The lowest BCUT2D eigenvalue weighted by atomic mass is 10.1. The van der Waals surface area contributed by atoms with E-state index >= 15 is 0 Å². The number of alkyl halides is 3. The number of halogens is 3. The summed E-state index contributed by atoms with van der Waals surface area (Å²) in [6, 6.07) is -1.26. The molecule has 22 heavy (non-hydrogen) atoms. The highest BCUT2D eigenvalue weighted by atomic mass is 19.4. The van der Waals surface area contributed by atoms with E-state index in [9.17, 15) is 22.8 Å². The van der Waals surface area contributed by atoms with E-state index in [0.717, 1.165) is 22.8 Å². The van der Waals surface area contributed by atoms with Gasteiger partial charge in [0.25, 0.3) is 5.91 Å². The van der Waals surface area contributed by atoms with Gasteiger partial charge in [-0.05, 0) is 27.7 Å². The Kier molecular flexibility index (Phi) is 4.59. The van der Waals surface area contributed by atoms with Gasteiger partial charge in [-0.15, -0.1) is 0 Å². The summed E-state index contributed by atoms with van der Waals surface area (Å²) in [4.78, 5) is 23.8. The highest BCUT2D eigenvalue weighted by Gasteiger charge is 2.43. The van der Waals surface area contributed by atoms with Crippen LogP contribution < -0.4 is 0 Å². The largest absolute Gasteiger partial charge is 0.480 e.